The Morgan fingerprint density at radius 1 is 1.44 bits per heavy atom. The molecular formula is C12H11FN2S. The van der Waals surface area contributed by atoms with Gasteiger partial charge in [0, 0.05) is 10.1 Å². The van der Waals surface area contributed by atoms with Gasteiger partial charge in [0.2, 0.25) is 5.69 Å². The Morgan fingerprint density at radius 3 is 2.69 bits per heavy atom. The van der Waals surface area contributed by atoms with Crippen molar-refractivity contribution in [3.8, 4) is 0 Å². The molecule has 0 spiro atoms. The van der Waals surface area contributed by atoms with E-state index in [1.165, 1.54) is 17.4 Å². The molecule has 0 amide bonds. The highest BCUT2D eigenvalue weighted by Crippen LogP contribution is 2.44. The summed E-state index contributed by atoms with van der Waals surface area (Å²) >= 11 is 1.30. The maximum Gasteiger partial charge on any atom is 0.230 e. The summed E-state index contributed by atoms with van der Waals surface area (Å²) in [6.07, 6.45) is 0. The fraction of sp³-hybridized carbons (Fsp3) is 0.250. The van der Waals surface area contributed by atoms with Crippen molar-refractivity contribution in [2.45, 2.75) is 19.8 Å². The number of thiophene rings is 1. The van der Waals surface area contributed by atoms with Crippen LogP contribution in [0.4, 0.5) is 15.1 Å². The highest BCUT2D eigenvalue weighted by molar-refractivity contribution is 7.23. The van der Waals surface area contributed by atoms with Crippen LogP contribution in [0.1, 0.15) is 25.3 Å². The summed E-state index contributed by atoms with van der Waals surface area (Å²) in [6, 6.07) is 3.19. The average Bonchev–Trinajstić information content (AvgIpc) is 2.55. The summed E-state index contributed by atoms with van der Waals surface area (Å²) < 4.78 is 14.5. The van der Waals surface area contributed by atoms with Gasteiger partial charge in [0.15, 0.2) is 0 Å². The van der Waals surface area contributed by atoms with Crippen molar-refractivity contribution in [3.63, 3.8) is 0 Å². The van der Waals surface area contributed by atoms with Crippen molar-refractivity contribution in [1.82, 2.24) is 0 Å². The number of hydrogen-bond donors (Lipinski definition) is 1. The lowest BCUT2D eigenvalue weighted by atomic mass is 10.0. The van der Waals surface area contributed by atoms with Crippen LogP contribution in [0, 0.1) is 12.4 Å². The van der Waals surface area contributed by atoms with Gasteiger partial charge in [-0.2, -0.15) is 0 Å². The minimum atomic E-state index is -0.363. The van der Waals surface area contributed by atoms with Crippen molar-refractivity contribution in [2.24, 2.45) is 0 Å². The Labute approximate surface area is 97.3 Å². The molecule has 4 heteroatoms. The molecule has 0 aliphatic heterocycles. The third-order valence-electron chi connectivity index (χ3n) is 2.55. The summed E-state index contributed by atoms with van der Waals surface area (Å²) in [5.74, 6) is -0.0712. The first-order valence-corrected chi connectivity index (χ1v) is 5.75. The van der Waals surface area contributed by atoms with Crippen molar-refractivity contribution < 1.29 is 4.39 Å². The van der Waals surface area contributed by atoms with E-state index in [0.29, 0.717) is 16.3 Å². The van der Waals surface area contributed by atoms with Crippen molar-refractivity contribution in [3.05, 3.63) is 34.9 Å². The summed E-state index contributed by atoms with van der Waals surface area (Å²) in [4.78, 5) is 3.31. The number of benzene rings is 1. The van der Waals surface area contributed by atoms with Crippen LogP contribution >= 0.6 is 11.3 Å². The molecule has 2 nitrogen and oxygen atoms in total. The van der Waals surface area contributed by atoms with Crippen molar-refractivity contribution >= 4 is 32.1 Å². The SMILES string of the molecule is [C-]#[N+]c1c(N)sc2c(C(C)C)ccc(F)c12. The second-order valence-electron chi connectivity index (χ2n) is 3.92. The minimum Gasteiger partial charge on any atom is -0.399 e. The largest absolute Gasteiger partial charge is 0.399 e. The molecule has 0 saturated heterocycles. The van der Waals surface area contributed by atoms with Gasteiger partial charge < -0.3 is 5.73 Å². The summed E-state index contributed by atoms with van der Waals surface area (Å²) in [5.41, 5.74) is 7.03. The van der Waals surface area contributed by atoms with Gasteiger partial charge in [-0.1, -0.05) is 19.9 Å². The van der Waals surface area contributed by atoms with Crippen LogP contribution in [0.25, 0.3) is 14.9 Å². The maximum atomic E-state index is 13.7. The zero-order valence-corrected chi connectivity index (χ0v) is 9.86. The number of nitrogen functional groups attached to an aromatic ring is 1. The van der Waals surface area contributed by atoms with E-state index in [-0.39, 0.29) is 11.5 Å². The monoisotopic (exact) mass is 234 g/mol. The molecule has 0 aliphatic rings. The molecule has 16 heavy (non-hydrogen) atoms. The number of nitrogens with two attached hydrogens (primary N) is 1. The van der Waals surface area contributed by atoms with Crippen molar-refractivity contribution in [2.75, 3.05) is 5.73 Å². The fourth-order valence-electron chi connectivity index (χ4n) is 1.75. The van der Waals surface area contributed by atoms with Crippen LogP contribution in [0.3, 0.4) is 0 Å². The van der Waals surface area contributed by atoms with Crippen LogP contribution in [-0.4, -0.2) is 0 Å². The molecule has 0 radical (unpaired) electrons. The molecule has 0 saturated carbocycles. The second-order valence-corrected chi connectivity index (χ2v) is 4.97. The highest BCUT2D eigenvalue weighted by atomic mass is 32.1. The van der Waals surface area contributed by atoms with E-state index in [9.17, 15) is 4.39 Å². The lowest BCUT2D eigenvalue weighted by molar-refractivity contribution is 0.639. The quantitative estimate of drug-likeness (QED) is 0.733. The predicted octanol–water partition coefficient (Wildman–Crippen LogP) is 4.30. The Hall–Kier alpha value is -1.60. The normalized spacial score (nSPS) is 10.9. The first-order chi connectivity index (χ1) is 7.56. The van der Waals surface area contributed by atoms with Crippen LogP contribution in [-0.2, 0) is 0 Å². The van der Waals surface area contributed by atoms with Gasteiger partial charge in [-0.25, -0.2) is 9.24 Å². The number of fused-ring (bicyclic) bond motifs is 1. The van der Waals surface area contributed by atoms with Crippen LogP contribution in [0.15, 0.2) is 12.1 Å². The van der Waals surface area contributed by atoms with E-state index >= 15 is 0 Å². The predicted molar refractivity (Wildman–Crippen MR) is 66.5 cm³/mol. The van der Waals surface area contributed by atoms with E-state index < -0.39 is 0 Å². The first kappa shape index (κ1) is 10.9. The Balaban J connectivity index is 2.93. The zero-order chi connectivity index (χ0) is 11.9. The maximum absolute atomic E-state index is 13.7. The number of halogens is 1. The van der Waals surface area contributed by atoms with E-state index in [1.54, 1.807) is 6.07 Å². The van der Waals surface area contributed by atoms with Gasteiger partial charge in [0.25, 0.3) is 0 Å². The first-order valence-electron chi connectivity index (χ1n) is 4.94. The van der Waals surface area contributed by atoms with Crippen LogP contribution in [0.2, 0.25) is 0 Å². The lowest BCUT2D eigenvalue weighted by Crippen LogP contribution is -1.88. The molecule has 1 aromatic carbocycles. The van der Waals surface area contributed by atoms with E-state index in [1.807, 2.05) is 13.8 Å². The molecular weight excluding hydrogens is 223 g/mol. The van der Waals surface area contributed by atoms with Gasteiger partial charge >= 0.3 is 0 Å². The minimum absolute atomic E-state index is 0.250. The van der Waals surface area contributed by atoms with Gasteiger partial charge in [-0.3, -0.25) is 0 Å². The topological polar surface area (TPSA) is 30.4 Å². The van der Waals surface area contributed by atoms with Crippen LogP contribution in [0.5, 0.6) is 0 Å². The number of nitrogens with zero attached hydrogens (tertiary/aromatic N) is 1. The molecule has 2 N–H and O–H groups in total. The summed E-state index contributed by atoms with van der Waals surface area (Å²) in [7, 11) is 0. The highest BCUT2D eigenvalue weighted by Gasteiger charge is 2.17. The Bertz CT molecular complexity index is 593. The second kappa shape index (κ2) is 3.76. The summed E-state index contributed by atoms with van der Waals surface area (Å²) in [6.45, 7) is 11.1. The number of hydrogen-bond acceptors (Lipinski definition) is 2. The fourth-order valence-corrected chi connectivity index (χ4v) is 2.93. The Kier molecular flexibility index (Phi) is 2.56. The molecule has 2 aromatic rings. The molecule has 0 aliphatic carbocycles. The third-order valence-corrected chi connectivity index (χ3v) is 3.61. The van der Waals surface area contributed by atoms with Crippen LogP contribution < -0.4 is 5.73 Å². The van der Waals surface area contributed by atoms with E-state index in [0.717, 1.165) is 10.3 Å². The zero-order valence-electron chi connectivity index (χ0n) is 9.04. The standard InChI is InChI=1S/C12H11FN2S/c1-6(2)7-4-5-8(13)9-10(15-3)12(14)16-11(7)9/h4-6H,14H2,1-2H3. The molecule has 2 rings (SSSR count). The van der Waals surface area contributed by atoms with Crippen molar-refractivity contribution in [1.29, 1.82) is 0 Å². The lowest BCUT2D eigenvalue weighted by Gasteiger charge is -2.07. The van der Waals surface area contributed by atoms with Gasteiger partial charge in [0.05, 0.1) is 11.6 Å². The Morgan fingerprint density at radius 2 is 2.12 bits per heavy atom. The molecule has 1 heterocycles. The third kappa shape index (κ3) is 1.44. The van der Waals surface area contributed by atoms with Gasteiger partial charge in [-0.05, 0) is 17.5 Å². The summed E-state index contributed by atoms with van der Waals surface area (Å²) in [5, 5.41) is 0.778. The van der Waals surface area contributed by atoms with Gasteiger partial charge in [-0.15, -0.1) is 11.3 Å². The smallest absolute Gasteiger partial charge is 0.230 e. The average molecular weight is 234 g/mol. The van der Waals surface area contributed by atoms with E-state index in [4.69, 9.17) is 12.3 Å². The van der Waals surface area contributed by atoms with Gasteiger partial charge in [0.1, 0.15) is 5.82 Å². The molecule has 0 bridgehead atoms. The molecule has 0 fully saturated rings. The molecule has 1 aromatic heterocycles. The molecule has 0 unspecified atom stereocenters. The molecule has 82 valence electrons. The molecule has 0 atom stereocenters. The number of anilines is 1. The number of rotatable bonds is 1. The van der Waals surface area contributed by atoms with E-state index in [2.05, 4.69) is 4.85 Å².